The lowest BCUT2D eigenvalue weighted by Gasteiger charge is -2.36. The van der Waals surface area contributed by atoms with Gasteiger partial charge >= 0.3 is 0 Å². The first-order chi connectivity index (χ1) is 14.9. The second kappa shape index (κ2) is 9.61. The normalized spacial score (nSPS) is 15.2. The molecular formula is C24H27N3O4. The molecule has 0 atom stereocenters. The molecule has 1 N–H and O–H groups in total. The van der Waals surface area contributed by atoms with E-state index in [0.29, 0.717) is 42.4 Å². The van der Waals surface area contributed by atoms with Crippen LogP contribution in [0.3, 0.4) is 0 Å². The Morgan fingerprint density at radius 3 is 2.45 bits per heavy atom. The second-order valence-corrected chi connectivity index (χ2v) is 8.43. The molecule has 0 heterocycles. The number of rotatable bonds is 7. The minimum atomic E-state index is -0.743. The summed E-state index contributed by atoms with van der Waals surface area (Å²) in [6.45, 7) is 4.56. The summed E-state index contributed by atoms with van der Waals surface area (Å²) in [6, 6.07) is 13.5. The molecule has 0 unspecified atom stereocenters. The number of nitrogens with one attached hydrogen (secondary N) is 1. The lowest BCUT2D eigenvalue weighted by Crippen LogP contribution is -2.42. The van der Waals surface area contributed by atoms with E-state index in [-0.39, 0.29) is 11.6 Å². The van der Waals surface area contributed by atoms with E-state index < -0.39 is 10.3 Å². The molecule has 2 aromatic rings. The van der Waals surface area contributed by atoms with E-state index in [1.165, 1.54) is 12.1 Å². The zero-order valence-electron chi connectivity index (χ0n) is 17.9. The van der Waals surface area contributed by atoms with E-state index in [2.05, 4.69) is 11.4 Å². The fourth-order valence-corrected chi connectivity index (χ4v) is 4.03. The van der Waals surface area contributed by atoms with Gasteiger partial charge in [-0.15, -0.1) is 0 Å². The maximum absolute atomic E-state index is 13.4. The third kappa shape index (κ3) is 5.02. The molecule has 162 valence electrons. The average molecular weight is 421 g/mol. The van der Waals surface area contributed by atoms with Gasteiger partial charge in [0.25, 0.3) is 5.69 Å². The SMILES string of the molecule is CC(C)COc1ccc(NC(=O)C2(c3ccc([N+](=O)[O-])cc3)CCCCC2)cc1C#N. The van der Waals surface area contributed by atoms with Gasteiger partial charge in [0.1, 0.15) is 11.8 Å². The summed E-state index contributed by atoms with van der Waals surface area (Å²) >= 11 is 0. The zero-order valence-corrected chi connectivity index (χ0v) is 17.9. The Hall–Kier alpha value is -3.40. The molecule has 0 aliphatic heterocycles. The smallest absolute Gasteiger partial charge is 0.269 e. The van der Waals surface area contributed by atoms with E-state index in [1.54, 1.807) is 30.3 Å². The topological polar surface area (TPSA) is 105 Å². The van der Waals surface area contributed by atoms with E-state index in [9.17, 15) is 20.2 Å². The van der Waals surface area contributed by atoms with E-state index >= 15 is 0 Å². The number of nitro benzene ring substituents is 1. The third-order valence-electron chi connectivity index (χ3n) is 5.70. The van der Waals surface area contributed by atoms with E-state index in [1.807, 2.05) is 13.8 Å². The number of ether oxygens (including phenoxy) is 1. The zero-order chi connectivity index (χ0) is 22.4. The van der Waals surface area contributed by atoms with Crippen molar-refractivity contribution in [3.05, 3.63) is 63.7 Å². The number of benzene rings is 2. The molecule has 7 heteroatoms. The van der Waals surface area contributed by atoms with Crippen LogP contribution >= 0.6 is 0 Å². The number of carbonyl (C=O) groups excluding carboxylic acids is 1. The number of hydrogen-bond donors (Lipinski definition) is 1. The van der Waals surface area contributed by atoms with Crippen LogP contribution in [0.25, 0.3) is 0 Å². The number of amides is 1. The Balaban J connectivity index is 1.86. The maximum atomic E-state index is 13.4. The summed E-state index contributed by atoms with van der Waals surface area (Å²) in [4.78, 5) is 24.0. The van der Waals surface area contributed by atoms with Gasteiger partial charge in [0.05, 0.1) is 22.5 Å². The number of non-ortho nitro benzene ring substituents is 1. The number of nitro groups is 1. The van der Waals surface area contributed by atoms with E-state index in [0.717, 1.165) is 24.8 Å². The number of hydrogen-bond acceptors (Lipinski definition) is 5. The second-order valence-electron chi connectivity index (χ2n) is 8.43. The molecule has 7 nitrogen and oxygen atoms in total. The molecule has 2 aromatic carbocycles. The first-order valence-electron chi connectivity index (χ1n) is 10.6. The van der Waals surface area contributed by atoms with Crippen LogP contribution in [0.2, 0.25) is 0 Å². The van der Waals surface area contributed by atoms with Crippen molar-refractivity contribution in [2.75, 3.05) is 11.9 Å². The van der Waals surface area contributed by atoms with Gasteiger partial charge in [-0.1, -0.05) is 45.2 Å². The van der Waals surface area contributed by atoms with Gasteiger partial charge in [-0.2, -0.15) is 5.26 Å². The molecule has 3 rings (SSSR count). The minimum absolute atomic E-state index is 0.00534. The highest BCUT2D eigenvalue weighted by molar-refractivity contribution is 5.99. The van der Waals surface area contributed by atoms with Crippen molar-refractivity contribution >= 4 is 17.3 Å². The summed E-state index contributed by atoms with van der Waals surface area (Å²) in [6.07, 6.45) is 4.24. The van der Waals surface area contributed by atoms with E-state index in [4.69, 9.17) is 4.74 Å². The predicted octanol–water partition coefficient (Wildman–Crippen LogP) is 5.34. The number of nitriles is 1. The monoisotopic (exact) mass is 421 g/mol. The molecule has 0 radical (unpaired) electrons. The van der Waals surface area contributed by atoms with Gasteiger partial charge < -0.3 is 10.1 Å². The summed E-state index contributed by atoms with van der Waals surface area (Å²) in [7, 11) is 0. The molecule has 1 fully saturated rings. The highest BCUT2D eigenvalue weighted by Gasteiger charge is 2.41. The molecule has 0 bridgehead atoms. The molecule has 0 saturated heterocycles. The van der Waals surface area contributed by atoms with Crippen LogP contribution in [0, 0.1) is 27.4 Å². The van der Waals surface area contributed by atoms with Crippen molar-refractivity contribution in [2.24, 2.45) is 5.92 Å². The predicted molar refractivity (Wildman–Crippen MR) is 118 cm³/mol. The standard InChI is InChI=1S/C24H27N3O4/c1-17(2)16-31-22-11-8-20(14-18(22)15-25)26-23(28)24(12-4-3-5-13-24)19-6-9-21(10-7-19)27(29)30/h6-11,14,17H,3-5,12-13,16H2,1-2H3,(H,26,28). The summed E-state index contributed by atoms with van der Waals surface area (Å²) in [5, 5.41) is 23.5. The van der Waals surface area contributed by atoms with Crippen LogP contribution < -0.4 is 10.1 Å². The van der Waals surface area contributed by atoms with Gasteiger partial charge in [0.2, 0.25) is 5.91 Å². The van der Waals surface area contributed by atoms with Gasteiger partial charge in [-0.25, -0.2) is 0 Å². The van der Waals surface area contributed by atoms with Crippen molar-refractivity contribution in [1.82, 2.24) is 0 Å². The van der Waals surface area contributed by atoms with Gasteiger partial charge in [-0.3, -0.25) is 14.9 Å². The third-order valence-corrected chi connectivity index (χ3v) is 5.70. The van der Waals surface area contributed by atoms with Crippen LogP contribution in [-0.4, -0.2) is 17.4 Å². The fraction of sp³-hybridized carbons (Fsp3) is 0.417. The molecule has 31 heavy (non-hydrogen) atoms. The van der Waals surface area contributed by atoms with Crippen LogP contribution in [0.15, 0.2) is 42.5 Å². The number of nitrogens with zero attached hydrogens (tertiary/aromatic N) is 2. The van der Waals surface area contributed by atoms with Crippen molar-refractivity contribution in [3.63, 3.8) is 0 Å². The summed E-state index contributed by atoms with van der Waals surface area (Å²) in [5.41, 5.74) is 0.947. The molecule has 1 aliphatic rings. The van der Waals surface area contributed by atoms with Gasteiger partial charge in [0, 0.05) is 17.8 Å². The van der Waals surface area contributed by atoms with Crippen molar-refractivity contribution in [2.45, 2.75) is 51.4 Å². The van der Waals surface area contributed by atoms with Crippen molar-refractivity contribution in [1.29, 1.82) is 5.26 Å². The summed E-state index contributed by atoms with van der Waals surface area (Å²) < 4.78 is 5.70. The van der Waals surface area contributed by atoms with Crippen LogP contribution in [0.5, 0.6) is 5.75 Å². The van der Waals surface area contributed by atoms with Crippen molar-refractivity contribution in [3.8, 4) is 11.8 Å². The Morgan fingerprint density at radius 1 is 1.19 bits per heavy atom. The first kappa shape index (κ1) is 22.3. The Bertz CT molecular complexity index is 987. The van der Waals surface area contributed by atoms with Crippen LogP contribution in [0.4, 0.5) is 11.4 Å². The Kier molecular flexibility index (Phi) is 6.91. The largest absolute Gasteiger partial charge is 0.492 e. The molecule has 1 amide bonds. The number of carbonyl (C=O) groups is 1. The van der Waals surface area contributed by atoms with Gasteiger partial charge in [-0.05, 0) is 42.5 Å². The molecule has 1 aliphatic carbocycles. The average Bonchev–Trinajstić information content (AvgIpc) is 2.78. The van der Waals surface area contributed by atoms with Crippen LogP contribution in [-0.2, 0) is 10.2 Å². The number of anilines is 1. The highest BCUT2D eigenvalue weighted by atomic mass is 16.6. The van der Waals surface area contributed by atoms with Crippen molar-refractivity contribution < 1.29 is 14.5 Å². The quantitative estimate of drug-likeness (QED) is 0.480. The summed E-state index contributed by atoms with van der Waals surface area (Å²) in [5.74, 6) is 0.677. The minimum Gasteiger partial charge on any atom is -0.492 e. The highest BCUT2D eigenvalue weighted by Crippen LogP contribution is 2.41. The maximum Gasteiger partial charge on any atom is 0.269 e. The Labute approximate surface area is 182 Å². The van der Waals surface area contributed by atoms with Crippen LogP contribution in [0.1, 0.15) is 57.1 Å². The Morgan fingerprint density at radius 2 is 1.87 bits per heavy atom. The molecular weight excluding hydrogens is 394 g/mol. The molecule has 0 aromatic heterocycles. The fourth-order valence-electron chi connectivity index (χ4n) is 4.03. The molecule has 1 saturated carbocycles. The molecule has 0 spiro atoms. The first-order valence-corrected chi connectivity index (χ1v) is 10.6. The lowest BCUT2D eigenvalue weighted by molar-refractivity contribution is -0.384. The van der Waals surface area contributed by atoms with Gasteiger partial charge in [0.15, 0.2) is 0 Å². The lowest BCUT2D eigenvalue weighted by atomic mass is 9.68.